The van der Waals surface area contributed by atoms with Gasteiger partial charge < -0.3 is 15.8 Å². The molecule has 1 aliphatic heterocycles. The van der Waals surface area contributed by atoms with Crippen molar-refractivity contribution in [2.24, 2.45) is 16.3 Å². The molecule has 0 unspecified atom stereocenters. The number of nitrogens with two attached hydrogens (primary N) is 1. The van der Waals surface area contributed by atoms with Gasteiger partial charge in [0, 0.05) is 18.2 Å². The molecule has 6 nitrogen and oxygen atoms in total. The van der Waals surface area contributed by atoms with Crippen molar-refractivity contribution in [1.29, 1.82) is 0 Å². The van der Waals surface area contributed by atoms with Gasteiger partial charge in [0.15, 0.2) is 0 Å². The minimum absolute atomic E-state index is 0.188. The van der Waals surface area contributed by atoms with Crippen LogP contribution in [0.1, 0.15) is 19.8 Å². The third-order valence-electron chi connectivity index (χ3n) is 3.46. The van der Waals surface area contributed by atoms with Crippen molar-refractivity contribution in [1.82, 2.24) is 4.90 Å². The second kappa shape index (κ2) is 5.22. The maximum atomic E-state index is 11.1. The van der Waals surface area contributed by atoms with E-state index >= 15 is 0 Å². The van der Waals surface area contributed by atoms with E-state index in [4.69, 9.17) is 10.9 Å². The maximum absolute atomic E-state index is 11.1. The zero-order valence-electron chi connectivity index (χ0n) is 10.4. The Balaban J connectivity index is 2.46. The predicted octanol–water partition coefficient (Wildman–Crippen LogP) is -0.120. The van der Waals surface area contributed by atoms with Gasteiger partial charge in [0.1, 0.15) is 15.7 Å². The first-order chi connectivity index (χ1) is 7.77. The highest BCUT2D eigenvalue weighted by molar-refractivity contribution is 7.90. The molecule has 0 aromatic heterocycles. The zero-order valence-corrected chi connectivity index (χ0v) is 11.2. The molecule has 3 N–H and O–H groups in total. The number of hydrogen-bond donors (Lipinski definition) is 2. The third-order valence-corrected chi connectivity index (χ3v) is 4.39. The minimum atomic E-state index is -2.90. The van der Waals surface area contributed by atoms with E-state index in [0.29, 0.717) is 6.54 Å². The van der Waals surface area contributed by atoms with Crippen molar-refractivity contribution in [3.63, 3.8) is 0 Å². The van der Waals surface area contributed by atoms with Gasteiger partial charge in [-0.1, -0.05) is 12.1 Å². The summed E-state index contributed by atoms with van der Waals surface area (Å²) in [6.07, 6.45) is 2.82. The topological polar surface area (TPSA) is 96.0 Å². The predicted molar refractivity (Wildman–Crippen MR) is 66.9 cm³/mol. The smallest absolute Gasteiger partial charge is 0.148 e. The molecule has 100 valence electrons. The molecule has 1 heterocycles. The van der Waals surface area contributed by atoms with Crippen molar-refractivity contribution in [2.45, 2.75) is 19.8 Å². The van der Waals surface area contributed by atoms with Crippen LogP contribution in [0.4, 0.5) is 0 Å². The summed E-state index contributed by atoms with van der Waals surface area (Å²) in [5.74, 6) is 0.452. The molecule has 1 aliphatic rings. The standard InChI is InChI=1S/C10H21N3O3S/c1-10(9(11)12-14)3-5-13(6-4-10)7-8-17(2,15)16/h14H,3-8H2,1-2H3,(H2,11,12). The van der Waals surface area contributed by atoms with E-state index in [1.807, 2.05) is 6.92 Å². The van der Waals surface area contributed by atoms with Crippen molar-refractivity contribution in [3.8, 4) is 0 Å². The number of piperidine rings is 1. The van der Waals surface area contributed by atoms with Crippen LogP contribution in [-0.2, 0) is 9.84 Å². The van der Waals surface area contributed by atoms with Gasteiger partial charge in [-0.15, -0.1) is 0 Å². The molecule has 1 fully saturated rings. The molecule has 1 rings (SSSR count). The Morgan fingerprint density at radius 2 is 2.00 bits per heavy atom. The van der Waals surface area contributed by atoms with Gasteiger partial charge in [-0.3, -0.25) is 0 Å². The molecule has 0 aromatic carbocycles. The number of amidine groups is 1. The van der Waals surface area contributed by atoms with Crippen molar-refractivity contribution in [2.75, 3.05) is 31.6 Å². The summed E-state index contributed by atoms with van der Waals surface area (Å²) in [7, 11) is -2.90. The van der Waals surface area contributed by atoms with Crippen LogP contribution in [0.5, 0.6) is 0 Å². The van der Waals surface area contributed by atoms with E-state index in [1.54, 1.807) is 0 Å². The average Bonchev–Trinajstić information content (AvgIpc) is 2.26. The maximum Gasteiger partial charge on any atom is 0.148 e. The largest absolute Gasteiger partial charge is 0.409 e. The Hall–Kier alpha value is -0.820. The molecular formula is C10H21N3O3S. The molecule has 0 aromatic rings. The third kappa shape index (κ3) is 4.16. The van der Waals surface area contributed by atoms with Gasteiger partial charge in [0.2, 0.25) is 0 Å². The Bertz CT molecular complexity index is 384. The molecule has 0 bridgehead atoms. The molecule has 0 atom stereocenters. The van der Waals surface area contributed by atoms with Crippen LogP contribution in [-0.4, -0.2) is 56.0 Å². The molecule has 0 radical (unpaired) electrons. The number of hydrogen-bond acceptors (Lipinski definition) is 5. The second-order valence-corrected chi connectivity index (χ2v) is 7.28. The van der Waals surface area contributed by atoms with Gasteiger partial charge in [0.25, 0.3) is 0 Å². The second-order valence-electron chi connectivity index (χ2n) is 5.02. The van der Waals surface area contributed by atoms with Crippen LogP contribution >= 0.6 is 0 Å². The molecule has 0 spiro atoms. The molecule has 0 saturated carbocycles. The summed E-state index contributed by atoms with van der Waals surface area (Å²) in [4.78, 5) is 2.10. The lowest BCUT2D eigenvalue weighted by molar-refractivity contribution is 0.166. The Morgan fingerprint density at radius 1 is 1.47 bits per heavy atom. The quantitative estimate of drug-likeness (QED) is 0.319. The summed E-state index contributed by atoms with van der Waals surface area (Å²) in [5.41, 5.74) is 5.39. The molecule has 7 heteroatoms. The van der Waals surface area contributed by atoms with Crippen LogP contribution in [0.25, 0.3) is 0 Å². The van der Waals surface area contributed by atoms with E-state index in [-0.39, 0.29) is 17.0 Å². The lowest BCUT2D eigenvalue weighted by Crippen LogP contribution is -2.46. The monoisotopic (exact) mass is 263 g/mol. The fourth-order valence-electron chi connectivity index (χ4n) is 1.94. The van der Waals surface area contributed by atoms with Crippen LogP contribution in [0.3, 0.4) is 0 Å². The van der Waals surface area contributed by atoms with Crippen molar-refractivity contribution >= 4 is 15.7 Å². The van der Waals surface area contributed by atoms with Crippen LogP contribution in [0.15, 0.2) is 5.16 Å². The first-order valence-corrected chi connectivity index (χ1v) is 7.71. The molecule has 0 amide bonds. The average molecular weight is 263 g/mol. The zero-order chi connectivity index (χ0) is 13.1. The Morgan fingerprint density at radius 3 is 2.41 bits per heavy atom. The first kappa shape index (κ1) is 14.2. The van der Waals surface area contributed by atoms with E-state index < -0.39 is 9.84 Å². The van der Waals surface area contributed by atoms with Crippen molar-refractivity contribution in [3.05, 3.63) is 0 Å². The number of sulfone groups is 1. The van der Waals surface area contributed by atoms with E-state index in [1.165, 1.54) is 6.26 Å². The fourth-order valence-corrected chi connectivity index (χ4v) is 2.53. The van der Waals surface area contributed by atoms with Crippen LogP contribution in [0.2, 0.25) is 0 Å². The Kier molecular flexibility index (Phi) is 4.37. The van der Waals surface area contributed by atoms with Crippen LogP contribution < -0.4 is 5.73 Å². The highest BCUT2D eigenvalue weighted by Gasteiger charge is 2.34. The lowest BCUT2D eigenvalue weighted by atomic mass is 9.79. The lowest BCUT2D eigenvalue weighted by Gasteiger charge is -2.38. The van der Waals surface area contributed by atoms with Gasteiger partial charge in [0.05, 0.1) is 5.75 Å². The highest BCUT2D eigenvalue weighted by atomic mass is 32.2. The van der Waals surface area contributed by atoms with Gasteiger partial charge >= 0.3 is 0 Å². The van der Waals surface area contributed by atoms with E-state index in [0.717, 1.165) is 25.9 Å². The molecular weight excluding hydrogens is 242 g/mol. The summed E-state index contributed by atoms with van der Waals surface area (Å²) < 4.78 is 22.1. The fraction of sp³-hybridized carbons (Fsp3) is 0.900. The van der Waals surface area contributed by atoms with Crippen LogP contribution in [0, 0.1) is 5.41 Å². The number of nitrogens with zero attached hydrogens (tertiary/aromatic N) is 2. The first-order valence-electron chi connectivity index (χ1n) is 5.65. The number of oxime groups is 1. The van der Waals surface area contributed by atoms with E-state index in [2.05, 4.69) is 10.1 Å². The summed E-state index contributed by atoms with van der Waals surface area (Å²) in [5, 5.41) is 11.8. The van der Waals surface area contributed by atoms with Crippen molar-refractivity contribution < 1.29 is 13.6 Å². The summed E-state index contributed by atoms with van der Waals surface area (Å²) >= 11 is 0. The number of rotatable bonds is 4. The number of likely N-dealkylation sites (tertiary alicyclic amines) is 1. The Labute approximate surface area is 102 Å². The molecule has 17 heavy (non-hydrogen) atoms. The van der Waals surface area contributed by atoms with Gasteiger partial charge in [-0.05, 0) is 25.9 Å². The summed E-state index contributed by atoms with van der Waals surface area (Å²) in [6.45, 7) is 4.09. The summed E-state index contributed by atoms with van der Waals surface area (Å²) in [6, 6.07) is 0. The van der Waals surface area contributed by atoms with E-state index in [9.17, 15) is 8.42 Å². The van der Waals surface area contributed by atoms with Gasteiger partial charge in [-0.25, -0.2) is 8.42 Å². The molecule has 1 saturated heterocycles. The SMILES string of the molecule is CC1(C(N)=NO)CCN(CCS(C)(=O)=O)CC1. The minimum Gasteiger partial charge on any atom is -0.409 e. The van der Waals surface area contributed by atoms with Gasteiger partial charge in [-0.2, -0.15) is 0 Å². The highest BCUT2D eigenvalue weighted by Crippen LogP contribution is 2.30. The normalized spacial score (nSPS) is 22.6. The molecule has 0 aliphatic carbocycles.